The summed E-state index contributed by atoms with van der Waals surface area (Å²) in [6, 6.07) is 11.5. The molecule has 2 fully saturated rings. The third-order valence-electron chi connectivity index (χ3n) is 5.86. The fraction of sp³-hybridized carbons (Fsp3) is 0.350. The molecular formula is C20H20N4O2. The van der Waals surface area contributed by atoms with Gasteiger partial charge in [-0.05, 0) is 36.6 Å². The summed E-state index contributed by atoms with van der Waals surface area (Å²) in [4.78, 5) is 31.7. The Morgan fingerprint density at radius 3 is 2.92 bits per heavy atom. The fourth-order valence-corrected chi connectivity index (χ4v) is 4.82. The van der Waals surface area contributed by atoms with Gasteiger partial charge in [-0.1, -0.05) is 18.2 Å². The number of hydrogen-bond donors (Lipinski definition) is 2. The van der Waals surface area contributed by atoms with E-state index >= 15 is 0 Å². The molecular weight excluding hydrogens is 328 g/mol. The van der Waals surface area contributed by atoms with Gasteiger partial charge in [0.25, 0.3) is 5.91 Å². The number of fused-ring (bicyclic) bond motifs is 4. The first-order chi connectivity index (χ1) is 12.7. The number of carbonyl (C=O) groups excluding carboxylic acids is 2. The van der Waals surface area contributed by atoms with E-state index in [1.807, 2.05) is 41.3 Å². The number of nitrogens with zero attached hydrogens (tertiary/aromatic N) is 2. The molecule has 0 saturated carbocycles. The quantitative estimate of drug-likeness (QED) is 0.870. The van der Waals surface area contributed by atoms with Crippen molar-refractivity contribution in [1.29, 1.82) is 0 Å². The smallest absolute Gasteiger partial charge is 0.255 e. The molecule has 2 aromatic rings. The van der Waals surface area contributed by atoms with E-state index in [0.717, 1.165) is 30.5 Å². The van der Waals surface area contributed by atoms with Crippen LogP contribution in [0.3, 0.4) is 0 Å². The summed E-state index contributed by atoms with van der Waals surface area (Å²) >= 11 is 0. The van der Waals surface area contributed by atoms with Gasteiger partial charge in [0.05, 0.1) is 18.0 Å². The standard InChI is InChI=1S/C20H20N4O2/c25-18(10-13-4-3-9-21-12-13)24-14-7-8-17(24)20(11-14)22-16-6-2-1-5-15(16)19(26)23-20/h1-6,9,12,14,17,22H,7-8,10-11H2,(H,23,26). The highest BCUT2D eigenvalue weighted by Gasteiger charge is 2.59. The van der Waals surface area contributed by atoms with Crippen molar-refractivity contribution in [1.82, 2.24) is 15.2 Å². The molecule has 1 spiro atoms. The monoisotopic (exact) mass is 348 g/mol. The second-order valence-corrected chi connectivity index (χ2v) is 7.39. The van der Waals surface area contributed by atoms with Crippen LogP contribution in [0.1, 0.15) is 35.2 Å². The largest absolute Gasteiger partial charge is 0.360 e. The molecule has 1 aromatic carbocycles. The minimum atomic E-state index is -0.557. The van der Waals surface area contributed by atoms with Crippen LogP contribution in [-0.2, 0) is 11.2 Å². The lowest BCUT2D eigenvalue weighted by Crippen LogP contribution is -2.64. The summed E-state index contributed by atoms with van der Waals surface area (Å²) in [5, 5.41) is 6.72. The molecule has 6 heteroatoms. The average Bonchev–Trinajstić information content (AvgIpc) is 3.18. The second-order valence-electron chi connectivity index (χ2n) is 7.39. The van der Waals surface area contributed by atoms with E-state index in [9.17, 15) is 9.59 Å². The van der Waals surface area contributed by atoms with Gasteiger partial charge in [-0.3, -0.25) is 14.6 Å². The highest BCUT2D eigenvalue weighted by molar-refractivity contribution is 6.02. The number of pyridine rings is 1. The van der Waals surface area contributed by atoms with Crippen molar-refractivity contribution in [3.8, 4) is 0 Å². The molecule has 0 aliphatic carbocycles. The van der Waals surface area contributed by atoms with Crippen molar-refractivity contribution in [2.24, 2.45) is 0 Å². The van der Waals surface area contributed by atoms with Crippen LogP contribution in [0.4, 0.5) is 5.69 Å². The lowest BCUT2D eigenvalue weighted by Gasteiger charge is -2.43. The molecule has 2 bridgehead atoms. The van der Waals surface area contributed by atoms with Gasteiger partial charge in [-0.25, -0.2) is 0 Å². The van der Waals surface area contributed by atoms with E-state index in [1.165, 1.54) is 0 Å². The van der Waals surface area contributed by atoms with Gasteiger partial charge < -0.3 is 15.5 Å². The summed E-state index contributed by atoms with van der Waals surface area (Å²) in [6.45, 7) is 0. The normalized spacial score (nSPS) is 28.6. The summed E-state index contributed by atoms with van der Waals surface area (Å²) < 4.78 is 0. The third kappa shape index (κ3) is 2.21. The molecule has 1 aromatic heterocycles. The molecule has 6 nitrogen and oxygen atoms in total. The van der Waals surface area contributed by atoms with Crippen molar-refractivity contribution < 1.29 is 9.59 Å². The highest BCUT2D eigenvalue weighted by atomic mass is 16.2. The van der Waals surface area contributed by atoms with Gasteiger partial charge in [-0.15, -0.1) is 0 Å². The number of rotatable bonds is 2. The number of amides is 2. The maximum Gasteiger partial charge on any atom is 0.255 e. The first kappa shape index (κ1) is 15.4. The van der Waals surface area contributed by atoms with Gasteiger partial charge >= 0.3 is 0 Å². The Labute approximate surface area is 151 Å². The molecule has 2 saturated heterocycles. The van der Waals surface area contributed by atoms with E-state index in [4.69, 9.17) is 0 Å². The minimum absolute atomic E-state index is 0.0195. The lowest BCUT2D eigenvalue weighted by molar-refractivity contribution is -0.132. The third-order valence-corrected chi connectivity index (χ3v) is 5.86. The molecule has 5 rings (SSSR count). The van der Waals surface area contributed by atoms with Crippen LogP contribution in [0.15, 0.2) is 48.8 Å². The van der Waals surface area contributed by atoms with Crippen LogP contribution < -0.4 is 10.6 Å². The van der Waals surface area contributed by atoms with Crippen LogP contribution in [0.2, 0.25) is 0 Å². The van der Waals surface area contributed by atoms with Gasteiger partial charge in [-0.2, -0.15) is 0 Å². The predicted octanol–water partition coefficient (Wildman–Crippen LogP) is 1.94. The Kier molecular flexibility index (Phi) is 3.29. The zero-order valence-corrected chi connectivity index (χ0v) is 14.3. The number of aromatic nitrogens is 1. The number of nitrogens with one attached hydrogen (secondary N) is 2. The van der Waals surface area contributed by atoms with Gasteiger partial charge in [0, 0.05) is 30.5 Å². The molecule has 26 heavy (non-hydrogen) atoms. The molecule has 3 aliphatic heterocycles. The first-order valence-corrected chi connectivity index (χ1v) is 9.06. The van der Waals surface area contributed by atoms with Crippen molar-refractivity contribution in [2.75, 3.05) is 5.32 Å². The summed E-state index contributed by atoms with van der Waals surface area (Å²) in [7, 11) is 0. The van der Waals surface area contributed by atoms with Crippen molar-refractivity contribution in [3.05, 3.63) is 59.9 Å². The molecule has 4 heterocycles. The van der Waals surface area contributed by atoms with E-state index in [1.54, 1.807) is 12.4 Å². The minimum Gasteiger partial charge on any atom is -0.360 e. The van der Waals surface area contributed by atoms with Gasteiger partial charge in [0.2, 0.25) is 5.91 Å². The maximum atomic E-state index is 13.0. The average molecular weight is 348 g/mol. The Morgan fingerprint density at radius 1 is 1.19 bits per heavy atom. The molecule has 0 radical (unpaired) electrons. The topological polar surface area (TPSA) is 74.3 Å². The number of benzene rings is 1. The Bertz CT molecular complexity index is 884. The van der Waals surface area contributed by atoms with Crippen LogP contribution in [-0.4, -0.2) is 39.4 Å². The number of para-hydroxylation sites is 1. The second kappa shape index (κ2) is 5.56. The SMILES string of the molecule is O=C1NC2(CC3CCC2N3C(=O)Cc2cccnc2)Nc2ccccc21. The first-order valence-electron chi connectivity index (χ1n) is 9.06. The van der Waals surface area contributed by atoms with E-state index in [0.29, 0.717) is 12.0 Å². The Morgan fingerprint density at radius 2 is 2.08 bits per heavy atom. The Hall–Kier alpha value is -2.89. The zero-order valence-electron chi connectivity index (χ0n) is 14.3. The van der Waals surface area contributed by atoms with Gasteiger partial charge in [0.1, 0.15) is 5.66 Å². The summed E-state index contributed by atoms with van der Waals surface area (Å²) in [6.07, 6.45) is 6.44. The number of hydrogen-bond acceptors (Lipinski definition) is 4. The molecule has 3 unspecified atom stereocenters. The molecule has 2 N–H and O–H groups in total. The van der Waals surface area contributed by atoms with E-state index in [-0.39, 0.29) is 23.9 Å². The van der Waals surface area contributed by atoms with E-state index in [2.05, 4.69) is 15.6 Å². The molecule has 132 valence electrons. The van der Waals surface area contributed by atoms with Crippen LogP contribution in [0.5, 0.6) is 0 Å². The Balaban J connectivity index is 1.43. The lowest BCUT2D eigenvalue weighted by atomic mass is 9.86. The van der Waals surface area contributed by atoms with Crippen molar-refractivity contribution >= 4 is 17.5 Å². The van der Waals surface area contributed by atoms with Crippen LogP contribution in [0.25, 0.3) is 0 Å². The fourth-order valence-electron chi connectivity index (χ4n) is 4.82. The van der Waals surface area contributed by atoms with Crippen LogP contribution >= 0.6 is 0 Å². The molecule has 3 atom stereocenters. The molecule has 2 amide bonds. The van der Waals surface area contributed by atoms with E-state index < -0.39 is 5.66 Å². The van der Waals surface area contributed by atoms with Crippen LogP contribution in [0, 0.1) is 0 Å². The predicted molar refractivity (Wildman–Crippen MR) is 96.5 cm³/mol. The number of anilines is 1. The maximum absolute atomic E-state index is 13.0. The highest BCUT2D eigenvalue weighted by Crippen LogP contribution is 2.46. The summed E-state index contributed by atoms with van der Waals surface area (Å²) in [5.41, 5.74) is 1.88. The number of carbonyl (C=O) groups is 2. The van der Waals surface area contributed by atoms with Crippen molar-refractivity contribution in [2.45, 2.75) is 43.4 Å². The van der Waals surface area contributed by atoms with Crippen molar-refractivity contribution in [3.63, 3.8) is 0 Å². The molecule has 3 aliphatic rings. The van der Waals surface area contributed by atoms with Gasteiger partial charge in [0.15, 0.2) is 0 Å². The summed E-state index contributed by atoms with van der Waals surface area (Å²) in [5.74, 6) is 0.0452. The zero-order chi connectivity index (χ0) is 17.7.